The Morgan fingerprint density at radius 3 is 3.11 bits per heavy atom. The van der Waals surface area contributed by atoms with Crippen LogP contribution in [-0.4, -0.2) is 22.0 Å². The van der Waals surface area contributed by atoms with Gasteiger partial charge < -0.3 is 9.88 Å². The van der Waals surface area contributed by atoms with Crippen LogP contribution in [0.25, 0.3) is 0 Å². The van der Waals surface area contributed by atoms with Crippen molar-refractivity contribution in [3.05, 3.63) is 17.7 Å². The van der Waals surface area contributed by atoms with E-state index < -0.39 is 0 Å². The Hall–Kier alpha value is -1.32. The molecule has 0 aromatic carbocycles. The molecule has 1 amide bonds. The molecule has 0 spiro atoms. The molecule has 2 rings (SSSR count). The Balaban J connectivity index is 1.80. The topological polar surface area (TPSA) is 46.9 Å². The maximum atomic E-state index is 11.6. The summed E-state index contributed by atoms with van der Waals surface area (Å²) in [7, 11) is 0. The smallest absolute Gasteiger partial charge is 0.222 e. The summed E-state index contributed by atoms with van der Waals surface area (Å²) >= 11 is 0. The number of aromatic nitrogens is 2. The van der Waals surface area contributed by atoms with Gasteiger partial charge in [0.05, 0.1) is 5.69 Å². The van der Waals surface area contributed by atoms with E-state index in [4.69, 9.17) is 0 Å². The summed E-state index contributed by atoms with van der Waals surface area (Å²) in [5.41, 5.74) is 1.11. The highest BCUT2D eigenvalue weighted by atomic mass is 16.1. The molecule has 4 nitrogen and oxygen atoms in total. The molecule has 1 aliphatic rings. The van der Waals surface area contributed by atoms with Crippen LogP contribution in [0, 0.1) is 5.92 Å². The average Bonchev–Trinajstić information content (AvgIpc) is 2.80. The molecule has 0 unspecified atom stereocenters. The number of nitrogens with one attached hydrogen (secondary N) is 1. The van der Waals surface area contributed by atoms with Gasteiger partial charge in [-0.15, -0.1) is 0 Å². The lowest BCUT2D eigenvalue weighted by Crippen LogP contribution is -2.30. The summed E-state index contributed by atoms with van der Waals surface area (Å²) in [6.45, 7) is 5.79. The summed E-state index contributed by atoms with van der Waals surface area (Å²) in [5.74, 6) is 1.48. The van der Waals surface area contributed by atoms with E-state index in [0.717, 1.165) is 31.5 Å². The molecular weight excluding hydrogens is 226 g/mol. The molecule has 2 heterocycles. The van der Waals surface area contributed by atoms with Crippen LogP contribution < -0.4 is 5.32 Å². The normalized spacial score (nSPS) is 16.1. The van der Waals surface area contributed by atoms with Crippen LogP contribution in [0.15, 0.2) is 6.20 Å². The molecular formula is C14H23N3O. The van der Waals surface area contributed by atoms with E-state index in [1.807, 2.05) is 13.8 Å². The van der Waals surface area contributed by atoms with Crippen molar-refractivity contribution in [2.24, 2.45) is 5.92 Å². The van der Waals surface area contributed by atoms with Gasteiger partial charge in [-0.1, -0.05) is 13.8 Å². The van der Waals surface area contributed by atoms with Crippen LogP contribution in [0.2, 0.25) is 0 Å². The summed E-state index contributed by atoms with van der Waals surface area (Å²) in [6, 6.07) is 0. The lowest BCUT2D eigenvalue weighted by Gasteiger charge is -2.11. The van der Waals surface area contributed by atoms with Crippen LogP contribution >= 0.6 is 0 Å². The van der Waals surface area contributed by atoms with E-state index in [2.05, 4.69) is 21.1 Å². The fraction of sp³-hybridized carbons (Fsp3) is 0.714. The van der Waals surface area contributed by atoms with Gasteiger partial charge in [-0.25, -0.2) is 4.98 Å². The molecule has 1 N–H and O–H groups in total. The van der Waals surface area contributed by atoms with Crippen molar-refractivity contribution in [3.8, 4) is 0 Å². The number of carbonyl (C=O) groups excluding carboxylic acids is 1. The zero-order chi connectivity index (χ0) is 13.0. The van der Waals surface area contributed by atoms with E-state index in [9.17, 15) is 4.79 Å². The van der Waals surface area contributed by atoms with Crippen LogP contribution in [0.5, 0.6) is 0 Å². The lowest BCUT2D eigenvalue weighted by atomic mass is 10.1. The quantitative estimate of drug-likeness (QED) is 0.866. The predicted molar refractivity (Wildman–Crippen MR) is 71.3 cm³/mol. The SMILES string of the molecule is CC[C@@H](C)C(=O)NCCc1cn2c(n1)CCCC2. The molecule has 1 aromatic heterocycles. The van der Waals surface area contributed by atoms with E-state index in [1.165, 1.54) is 18.7 Å². The summed E-state index contributed by atoms with van der Waals surface area (Å²) in [6.07, 6.45) is 7.48. The van der Waals surface area contributed by atoms with Gasteiger partial charge >= 0.3 is 0 Å². The molecule has 0 radical (unpaired) electrons. The minimum atomic E-state index is 0.111. The average molecular weight is 249 g/mol. The number of amides is 1. The molecule has 0 aliphatic carbocycles. The molecule has 0 fully saturated rings. The highest BCUT2D eigenvalue weighted by molar-refractivity contribution is 5.78. The van der Waals surface area contributed by atoms with Gasteiger partial charge in [-0.2, -0.15) is 0 Å². The summed E-state index contributed by atoms with van der Waals surface area (Å²) in [5, 5.41) is 2.97. The van der Waals surface area contributed by atoms with Gasteiger partial charge in [-0.3, -0.25) is 4.79 Å². The number of carbonyl (C=O) groups is 1. The van der Waals surface area contributed by atoms with Gasteiger partial charge in [0.1, 0.15) is 5.82 Å². The Bertz CT molecular complexity index is 388. The third-order valence-electron chi connectivity index (χ3n) is 3.70. The fourth-order valence-electron chi connectivity index (χ4n) is 2.27. The fourth-order valence-corrected chi connectivity index (χ4v) is 2.27. The zero-order valence-corrected chi connectivity index (χ0v) is 11.4. The zero-order valence-electron chi connectivity index (χ0n) is 11.4. The van der Waals surface area contributed by atoms with Crippen molar-refractivity contribution in [2.45, 2.75) is 52.5 Å². The van der Waals surface area contributed by atoms with Crippen molar-refractivity contribution in [2.75, 3.05) is 6.54 Å². The van der Waals surface area contributed by atoms with E-state index in [-0.39, 0.29) is 11.8 Å². The van der Waals surface area contributed by atoms with E-state index >= 15 is 0 Å². The van der Waals surface area contributed by atoms with E-state index in [1.54, 1.807) is 0 Å². The second kappa shape index (κ2) is 6.03. The van der Waals surface area contributed by atoms with Crippen molar-refractivity contribution < 1.29 is 4.79 Å². The van der Waals surface area contributed by atoms with Crippen molar-refractivity contribution >= 4 is 5.91 Å². The molecule has 0 bridgehead atoms. The molecule has 0 saturated carbocycles. The molecule has 0 saturated heterocycles. The van der Waals surface area contributed by atoms with Crippen LogP contribution in [-0.2, 0) is 24.2 Å². The van der Waals surface area contributed by atoms with E-state index in [0.29, 0.717) is 6.54 Å². The van der Waals surface area contributed by atoms with Gasteiger partial charge in [-0.05, 0) is 19.3 Å². The molecule has 100 valence electrons. The second-order valence-electron chi connectivity index (χ2n) is 5.15. The number of aryl methyl sites for hydroxylation is 2. The number of rotatable bonds is 5. The van der Waals surface area contributed by atoms with Crippen molar-refractivity contribution in [1.82, 2.24) is 14.9 Å². The summed E-state index contributed by atoms with van der Waals surface area (Å²) in [4.78, 5) is 16.2. The Labute approximate surface area is 109 Å². The first-order chi connectivity index (χ1) is 8.70. The first kappa shape index (κ1) is 13.1. The van der Waals surface area contributed by atoms with Crippen LogP contribution in [0.4, 0.5) is 0 Å². The first-order valence-electron chi connectivity index (χ1n) is 7.03. The molecule has 1 aliphatic heterocycles. The Morgan fingerprint density at radius 2 is 2.39 bits per heavy atom. The number of imidazole rings is 1. The highest BCUT2D eigenvalue weighted by Crippen LogP contribution is 2.14. The van der Waals surface area contributed by atoms with Gasteiger partial charge in [0.2, 0.25) is 5.91 Å². The standard InChI is InChI=1S/C14H23N3O/c1-3-11(2)14(18)15-8-7-12-10-17-9-5-4-6-13(17)16-12/h10-11H,3-9H2,1-2H3,(H,15,18)/t11-/m1/s1. The van der Waals surface area contributed by atoms with Crippen LogP contribution in [0.1, 0.15) is 44.6 Å². The monoisotopic (exact) mass is 249 g/mol. The minimum Gasteiger partial charge on any atom is -0.355 e. The highest BCUT2D eigenvalue weighted by Gasteiger charge is 2.13. The Kier molecular flexibility index (Phi) is 4.39. The van der Waals surface area contributed by atoms with Crippen LogP contribution in [0.3, 0.4) is 0 Å². The third kappa shape index (κ3) is 3.12. The molecule has 18 heavy (non-hydrogen) atoms. The summed E-state index contributed by atoms with van der Waals surface area (Å²) < 4.78 is 2.26. The molecule has 1 atom stereocenters. The van der Waals surface area contributed by atoms with Crippen molar-refractivity contribution in [1.29, 1.82) is 0 Å². The number of hydrogen-bond acceptors (Lipinski definition) is 2. The minimum absolute atomic E-state index is 0.111. The maximum absolute atomic E-state index is 11.6. The second-order valence-corrected chi connectivity index (χ2v) is 5.15. The third-order valence-corrected chi connectivity index (χ3v) is 3.70. The van der Waals surface area contributed by atoms with Gasteiger partial charge in [0.15, 0.2) is 0 Å². The molecule has 4 heteroatoms. The number of nitrogens with zero attached hydrogens (tertiary/aromatic N) is 2. The first-order valence-corrected chi connectivity index (χ1v) is 7.03. The predicted octanol–water partition coefficient (Wildman–Crippen LogP) is 1.92. The largest absolute Gasteiger partial charge is 0.355 e. The van der Waals surface area contributed by atoms with Gasteiger partial charge in [0.25, 0.3) is 0 Å². The van der Waals surface area contributed by atoms with Crippen molar-refractivity contribution in [3.63, 3.8) is 0 Å². The number of hydrogen-bond donors (Lipinski definition) is 1. The Morgan fingerprint density at radius 1 is 1.56 bits per heavy atom. The molecule has 1 aromatic rings. The lowest BCUT2D eigenvalue weighted by molar-refractivity contribution is -0.124. The van der Waals surface area contributed by atoms with Gasteiger partial charge in [0, 0.05) is 38.0 Å². The maximum Gasteiger partial charge on any atom is 0.222 e. The number of fused-ring (bicyclic) bond motifs is 1.